The van der Waals surface area contributed by atoms with Gasteiger partial charge in [0.1, 0.15) is 5.52 Å². The Balaban J connectivity index is 0.000000187. The standard InChI is InChI=1S/C18H17BrN2O.C14H15BrN2/c1-9-11(3)21-17-16(20-12(4)10(2)18(17)22)15(9)13-7-5-6-8-14(13)19;1-8-9(2)17-10(3)14(16)13(8)11-6-4-5-7-12(11)15/h5-8H,1-4H3,(H,20,22);4-7H,16H2,1-3H3. The fourth-order valence-electron chi connectivity index (χ4n) is 4.68. The fraction of sp³-hybridized carbons (Fsp3) is 0.219. The van der Waals surface area contributed by atoms with Crippen molar-refractivity contribution in [3.8, 4) is 22.3 Å². The van der Waals surface area contributed by atoms with Crippen molar-refractivity contribution in [3.63, 3.8) is 0 Å². The predicted octanol–water partition coefficient (Wildman–Crippen LogP) is 8.60. The van der Waals surface area contributed by atoms with Gasteiger partial charge in [-0.2, -0.15) is 0 Å². The molecule has 0 bridgehead atoms. The van der Waals surface area contributed by atoms with Crippen molar-refractivity contribution in [2.45, 2.75) is 48.5 Å². The lowest BCUT2D eigenvalue weighted by atomic mass is 9.97. The number of nitrogens with one attached hydrogen (secondary N) is 1. The van der Waals surface area contributed by atoms with Crippen LogP contribution in [0.3, 0.4) is 0 Å². The number of nitrogen functional groups attached to an aromatic ring is 1. The summed E-state index contributed by atoms with van der Waals surface area (Å²) in [4.78, 5) is 24.9. The van der Waals surface area contributed by atoms with Gasteiger partial charge in [0.15, 0.2) is 0 Å². The quantitative estimate of drug-likeness (QED) is 0.201. The lowest BCUT2D eigenvalue weighted by Gasteiger charge is -2.15. The van der Waals surface area contributed by atoms with Crippen LogP contribution in [0, 0.1) is 48.5 Å². The molecule has 0 aliphatic carbocycles. The topological polar surface area (TPSA) is 84.7 Å². The Morgan fingerprint density at radius 1 is 0.667 bits per heavy atom. The molecule has 3 aromatic heterocycles. The van der Waals surface area contributed by atoms with E-state index in [1.807, 2.05) is 77.9 Å². The summed E-state index contributed by atoms with van der Waals surface area (Å²) in [5, 5.41) is 0. The number of H-pyrrole nitrogens is 1. The molecule has 0 aliphatic rings. The summed E-state index contributed by atoms with van der Waals surface area (Å²) in [5.74, 6) is 0. The Morgan fingerprint density at radius 3 is 1.72 bits per heavy atom. The lowest BCUT2D eigenvalue weighted by Crippen LogP contribution is -2.13. The van der Waals surface area contributed by atoms with Crippen molar-refractivity contribution < 1.29 is 0 Å². The second-order valence-corrected chi connectivity index (χ2v) is 11.5. The van der Waals surface area contributed by atoms with Crippen molar-refractivity contribution in [3.05, 3.63) is 107 Å². The molecular formula is C32H32Br2N4O. The van der Waals surface area contributed by atoms with Gasteiger partial charge in [-0.05, 0) is 82.9 Å². The van der Waals surface area contributed by atoms with E-state index in [1.54, 1.807) is 0 Å². The number of halogens is 2. The number of rotatable bonds is 2. The molecule has 0 atom stereocenters. The molecule has 5 rings (SSSR count). The smallest absolute Gasteiger partial charge is 0.210 e. The second kappa shape index (κ2) is 11.4. The molecule has 0 saturated carbocycles. The zero-order chi connectivity index (χ0) is 28.6. The minimum Gasteiger partial charge on any atom is -0.397 e. The van der Waals surface area contributed by atoms with Gasteiger partial charge in [-0.1, -0.05) is 68.3 Å². The molecule has 200 valence electrons. The van der Waals surface area contributed by atoms with Crippen LogP contribution in [0.2, 0.25) is 0 Å². The molecule has 3 N–H and O–H groups in total. The van der Waals surface area contributed by atoms with E-state index in [4.69, 9.17) is 5.73 Å². The number of pyridine rings is 3. The summed E-state index contributed by atoms with van der Waals surface area (Å²) in [6.07, 6.45) is 0. The fourth-order valence-corrected chi connectivity index (χ4v) is 5.65. The monoisotopic (exact) mass is 646 g/mol. The van der Waals surface area contributed by atoms with Crippen LogP contribution in [0.4, 0.5) is 5.69 Å². The van der Waals surface area contributed by atoms with E-state index < -0.39 is 0 Å². The number of hydrogen-bond acceptors (Lipinski definition) is 4. The average Bonchev–Trinajstić information content (AvgIpc) is 2.90. The van der Waals surface area contributed by atoms with E-state index in [9.17, 15) is 4.79 Å². The highest BCUT2D eigenvalue weighted by Crippen LogP contribution is 2.37. The molecule has 0 amide bonds. The average molecular weight is 648 g/mol. The number of aromatic amines is 1. The molecule has 0 radical (unpaired) electrons. The first-order valence-electron chi connectivity index (χ1n) is 12.7. The van der Waals surface area contributed by atoms with Gasteiger partial charge in [0.2, 0.25) is 5.43 Å². The van der Waals surface area contributed by atoms with Crippen molar-refractivity contribution in [2.75, 3.05) is 5.73 Å². The van der Waals surface area contributed by atoms with Gasteiger partial charge >= 0.3 is 0 Å². The molecule has 39 heavy (non-hydrogen) atoms. The lowest BCUT2D eigenvalue weighted by molar-refractivity contribution is 1.10. The SMILES string of the molecule is Cc1nc(C)c(N)c(-c2ccccc2Br)c1C.Cc1nc2c(=O)c(C)c(C)[nH]c2c(-c2ccccc2Br)c1C. The van der Waals surface area contributed by atoms with Crippen molar-refractivity contribution >= 4 is 48.6 Å². The van der Waals surface area contributed by atoms with Gasteiger partial charge in [0, 0.05) is 42.7 Å². The maximum Gasteiger partial charge on any atom is 0.210 e. The van der Waals surface area contributed by atoms with E-state index in [-0.39, 0.29) is 5.43 Å². The molecule has 5 aromatic rings. The van der Waals surface area contributed by atoms with Crippen LogP contribution in [0.15, 0.2) is 62.3 Å². The number of anilines is 1. The van der Waals surface area contributed by atoms with Crippen molar-refractivity contribution in [2.24, 2.45) is 0 Å². The van der Waals surface area contributed by atoms with Crippen LogP contribution in [-0.4, -0.2) is 15.0 Å². The van der Waals surface area contributed by atoms with Gasteiger partial charge in [-0.3, -0.25) is 9.78 Å². The Kier molecular flexibility index (Phi) is 8.42. The summed E-state index contributed by atoms with van der Waals surface area (Å²) in [7, 11) is 0. The third-order valence-corrected chi connectivity index (χ3v) is 8.70. The van der Waals surface area contributed by atoms with Gasteiger partial charge in [0.05, 0.1) is 16.9 Å². The second-order valence-electron chi connectivity index (χ2n) is 9.78. The molecule has 0 fully saturated rings. The van der Waals surface area contributed by atoms with E-state index in [2.05, 4.69) is 65.9 Å². The van der Waals surface area contributed by atoms with E-state index in [0.29, 0.717) is 5.52 Å². The van der Waals surface area contributed by atoms with Gasteiger partial charge in [-0.15, -0.1) is 0 Å². The molecule has 7 heteroatoms. The summed E-state index contributed by atoms with van der Waals surface area (Å²) in [6.45, 7) is 13.8. The summed E-state index contributed by atoms with van der Waals surface area (Å²) >= 11 is 7.19. The summed E-state index contributed by atoms with van der Waals surface area (Å²) in [5.41, 5.74) is 19.2. The Hall–Kier alpha value is -3.29. The van der Waals surface area contributed by atoms with Gasteiger partial charge in [-0.25, -0.2) is 4.98 Å². The Bertz CT molecular complexity index is 1760. The molecule has 5 nitrogen and oxygen atoms in total. The minimum atomic E-state index is 0.00246. The highest BCUT2D eigenvalue weighted by Gasteiger charge is 2.18. The first kappa shape index (κ1) is 28.7. The highest BCUT2D eigenvalue weighted by atomic mass is 79.9. The van der Waals surface area contributed by atoms with Crippen molar-refractivity contribution in [1.82, 2.24) is 15.0 Å². The number of nitrogens with zero attached hydrogens (tertiary/aromatic N) is 2. The number of aryl methyl sites for hydroxylation is 4. The van der Waals surface area contributed by atoms with E-state index in [0.717, 1.165) is 81.9 Å². The van der Waals surface area contributed by atoms with Gasteiger partial charge < -0.3 is 10.7 Å². The zero-order valence-corrected chi connectivity index (χ0v) is 26.4. The predicted molar refractivity (Wildman–Crippen MR) is 170 cm³/mol. The Labute approximate surface area is 246 Å². The first-order valence-corrected chi connectivity index (χ1v) is 14.3. The molecular weight excluding hydrogens is 616 g/mol. The van der Waals surface area contributed by atoms with Crippen LogP contribution in [0.5, 0.6) is 0 Å². The molecule has 0 spiro atoms. The van der Waals surface area contributed by atoms with Gasteiger partial charge in [0.25, 0.3) is 0 Å². The first-order chi connectivity index (χ1) is 18.4. The molecule has 0 aliphatic heterocycles. The molecule has 0 saturated heterocycles. The van der Waals surface area contributed by atoms with Crippen molar-refractivity contribution in [1.29, 1.82) is 0 Å². The summed E-state index contributed by atoms with van der Waals surface area (Å²) in [6, 6.07) is 16.2. The van der Waals surface area contributed by atoms with Crippen LogP contribution < -0.4 is 11.2 Å². The largest absolute Gasteiger partial charge is 0.397 e. The zero-order valence-electron chi connectivity index (χ0n) is 23.3. The third-order valence-electron chi connectivity index (χ3n) is 7.31. The van der Waals surface area contributed by atoms with E-state index >= 15 is 0 Å². The highest BCUT2D eigenvalue weighted by molar-refractivity contribution is 9.11. The van der Waals surface area contributed by atoms with Crippen LogP contribution in [0.25, 0.3) is 33.3 Å². The maximum atomic E-state index is 12.6. The van der Waals surface area contributed by atoms with Crippen LogP contribution in [0.1, 0.15) is 39.5 Å². The third kappa shape index (κ3) is 5.43. The number of aromatic nitrogens is 3. The van der Waals surface area contributed by atoms with E-state index in [1.165, 1.54) is 0 Å². The number of hydrogen-bond donors (Lipinski definition) is 2. The molecule has 0 unspecified atom stereocenters. The van der Waals surface area contributed by atoms with Crippen LogP contribution in [-0.2, 0) is 0 Å². The Morgan fingerprint density at radius 2 is 1.15 bits per heavy atom. The van der Waals surface area contributed by atoms with Crippen LogP contribution >= 0.6 is 31.9 Å². The minimum absolute atomic E-state index is 0.00246. The number of fused-ring (bicyclic) bond motifs is 1. The maximum absolute atomic E-state index is 12.6. The molecule has 3 heterocycles. The normalized spacial score (nSPS) is 10.9. The molecule has 2 aromatic carbocycles. The number of nitrogens with two attached hydrogens (primary N) is 1. The summed E-state index contributed by atoms with van der Waals surface area (Å²) < 4.78 is 2.06. The number of benzene rings is 2.